The van der Waals surface area contributed by atoms with Gasteiger partial charge in [-0.15, -0.1) is 0 Å². The lowest BCUT2D eigenvalue weighted by molar-refractivity contribution is -0.145. The summed E-state index contributed by atoms with van der Waals surface area (Å²) in [6, 6.07) is 9.25. The molecule has 0 unspecified atom stereocenters. The van der Waals surface area contributed by atoms with E-state index in [1.54, 1.807) is 17.9 Å². The minimum absolute atomic E-state index is 0.00287. The fourth-order valence-corrected chi connectivity index (χ4v) is 3.06. The zero-order chi connectivity index (χ0) is 19.2. The molecule has 0 N–H and O–H groups in total. The third kappa shape index (κ3) is 3.16. The number of hydrogen-bond donors (Lipinski definition) is 0. The van der Waals surface area contributed by atoms with E-state index >= 15 is 0 Å². The SMILES string of the molecule is Cn1cc(C(=O)N2Cc3cnc(C(F)(F)F)nc3C2)c(-c2ccccc2)n1. The first-order chi connectivity index (χ1) is 12.8. The number of aromatic nitrogens is 4. The lowest BCUT2D eigenvalue weighted by Gasteiger charge is -2.14. The first-order valence-corrected chi connectivity index (χ1v) is 8.13. The Bertz CT molecular complexity index is 1010. The van der Waals surface area contributed by atoms with E-state index in [4.69, 9.17) is 0 Å². The molecule has 1 aliphatic rings. The predicted octanol–water partition coefficient (Wildman–Crippen LogP) is 3.05. The predicted molar refractivity (Wildman–Crippen MR) is 89.3 cm³/mol. The minimum atomic E-state index is -4.61. The van der Waals surface area contributed by atoms with Gasteiger partial charge < -0.3 is 4.90 Å². The molecule has 1 aliphatic heterocycles. The summed E-state index contributed by atoms with van der Waals surface area (Å²) in [5.41, 5.74) is 2.44. The van der Waals surface area contributed by atoms with Gasteiger partial charge in [0, 0.05) is 37.1 Å². The topological polar surface area (TPSA) is 63.9 Å². The van der Waals surface area contributed by atoms with Crippen LogP contribution in [0.1, 0.15) is 27.4 Å². The van der Waals surface area contributed by atoms with E-state index in [1.165, 1.54) is 4.90 Å². The Hall–Kier alpha value is -3.23. The van der Waals surface area contributed by atoms with Gasteiger partial charge in [-0.3, -0.25) is 9.48 Å². The number of rotatable bonds is 2. The second kappa shape index (κ2) is 6.19. The number of alkyl halides is 3. The average Bonchev–Trinajstić information content (AvgIpc) is 3.24. The summed E-state index contributed by atoms with van der Waals surface area (Å²) < 4.78 is 40.0. The Balaban J connectivity index is 1.64. The van der Waals surface area contributed by atoms with Gasteiger partial charge in [-0.1, -0.05) is 30.3 Å². The number of benzene rings is 1. The lowest BCUT2D eigenvalue weighted by atomic mass is 10.1. The maximum Gasteiger partial charge on any atom is 0.451 e. The standard InChI is InChI=1S/C18H14F3N5O/c1-25-9-13(15(24-25)11-5-3-2-4-6-11)16(27)26-8-12-7-22-17(18(19,20)21)23-14(12)10-26/h2-7,9H,8,10H2,1H3. The molecule has 0 atom stereocenters. The Labute approximate surface area is 152 Å². The molecule has 0 aliphatic carbocycles. The smallest absolute Gasteiger partial charge is 0.328 e. The van der Waals surface area contributed by atoms with Gasteiger partial charge in [0.1, 0.15) is 5.69 Å². The van der Waals surface area contributed by atoms with Gasteiger partial charge in [0.2, 0.25) is 5.82 Å². The summed E-state index contributed by atoms with van der Waals surface area (Å²) in [7, 11) is 1.71. The molecule has 0 saturated carbocycles. The zero-order valence-corrected chi connectivity index (χ0v) is 14.2. The van der Waals surface area contributed by atoms with Gasteiger partial charge in [0.15, 0.2) is 0 Å². The first-order valence-electron chi connectivity index (χ1n) is 8.13. The number of aryl methyl sites for hydroxylation is 1. The highest BCUT2D eigenvalue weighted by atomic mass is 19.4. The third-order valence-corrected chi connectivity index (χ3v) is 4.30. The van der Waals surface area contributed by atoms with E-state index in [1.807, 2.05) is 30.3 Å². The number of fused-ring (bicyclic) bond motifs is 1. The van der Waals surface area contributed by atoms with Crippen molar-refractivity contribution in [2.45, 2.75) is 19.3 Å². The van der Waals surface area contributed by atoms with Crippen LogP contribution in [-0.2, 0) is 26.3 Å². The number of halogens is 3. The van der Waals surface area contributed by atoms with Gasteiger partial charge in [0.25, 0.3) is 5.91 Å². The van der Waals surface area contributed by atoms with Crippen LogP contribution in [0, 0.1) is 0 Å². The highest BCUT2D eigenvalue weighted by molar-refractivity contribution is 6.00. The van der Waals surface area contributed by atoms with Crippen LogP contribution in [0.5, 0.6) is 0 Å². The van der Waals surface area contributed by atoms with Crippen molar-refractivity contribution in [2.24, 2.45) is 7.05 Å². The molecule has 0 bridgehead atoms. The number of hydrogen-bond acceptors (Lipinski definition) is 4. The number of nitrogens with zero attached hydrogens (tertiary/aromatic N) is 5. The van der Waals surface area contributed by atoms with Crippen molar-refractivity contribution in [2.75, 3.05) is 0 Å². The van der Waals surface area contributed by atoms with E-state index in [-0.39, 0.29) is 24.7 Å². The minimum Gasteiger partial charge on any atom is -0.328 e. The van der Waals surface area contributed by atoms with Crippen LogP contribution in [0.3, 0.4) is 0 Å². The van der Waals surface area contributed by atoms with Gasteiger partial charge in [-0.25, -0.2) is 9.97 Å². The van der Waals surface area contributed by atoms with Crippen LogP contribution in [0.25, 0.3) is 11.3 Å². The number of carbonyl (C=O) groups is 1. The molecule has 6 nitrogen and oxygen atoms in total. The van der Waals surface area contributed by atoms with Crippen molar-refractivity contribution in [1.29, 1.82) is 0 Å². The van der Waals surface area contributed by atoms with Gasteiger partial charge in [-0.05, 0) is 0 Å². The van der Waals surface area contributed by atoms with Gasteiger partial charge in [0.05, 0.1) is 17.8 Å². The van der Waals surface area contributed by atoms with Crippen molar-refractivity contribution in [3.05, 3.63) is 65.4 Å². The number of carbonyl (C=O) groups excluding carboxylic acids is 1. The summed E-state index contributed by atoms with van der Waals surface area (Å²) >= 11 is 0. The van der Waals surface area contributed by atoms with Crippen LogP contribution in [-0.4, -0.2) is 30.6 Å². The molecule has 138 valence electrons. The van der Waals surface area contributed by atoms with E-state index in [0.717, 1.165) is 11.8 Å². The van der Waals surface area contributed by atoms with Crippen molar-refractivity contribution >= 4 is 5.91 Å². The summed E-state index contributed by atoms with van der Waals surface area (Å²) in [4.78, 5) is 21.4. The molecule has 1 amide bonds. The molecular formula is C18H14F3N5O. The van der Waals surface area contributed by atoms with Crippen LogP contribution in [0.2, 0.25) is 0 Å². The maximum atomic E-state index is 13.0. The molecule has 4 rings (SSSR count). The third-order valence-electron chi connectivity index (χ3n) is 4.30. The molecule has 3 aromatic rings. The molecule has 0 saturated heterocycles. The van der Waals surface area contributed by atoms with Crippen molar-refractivity contribution in [1.82, 2.24) is 24.6 Å². The van der Waals surface area contributed by atoms with E-state index in [0.29, 0.717) is 16.8 Å². The summed E-state index contributed by atoms with van der Waals surface area (Å²) in [5, 5.41) is 4.36. The molecule has 0 spiro atoms. The molecule has 27 heavy (non-hydrogen) atoms. The lowest BCUT2D eigenvalue weighted by Crippen LogP contribution is -2.25. The van der Waals surface area contributed by atoms with Crippen LogP contribution >= 0.6 is 0 Å². The molecule has 9 heteroatoms. The highest BCUT2D eigenvalue weighted by Gasteiger charge is 2.37. The van der Waals surface area contributed by atoms with Crippen molar-refractivity contribution < 1.29 is 18.0 Å². The Kier molecular flexibility index (Phi) is 3.94. The van der Waals surface area contributed by atoms with Crippen molar-refractivity contribution in [3.63, 3.8) is 0 Å². The van der Waals surface area contributed by atoms with Crippen LogP contribution in [0.15, 0.2) is 42.7 Å². The summed E-state index contributed by atoms with van der Waals surface area (Å²) in [6.45, 7) is 0.165. The second-order valence-corrected chi connectivity index (χ2v) is 6.26. The maximum absolute atomic E-state index is 13.0. The van der Waals surface area contributed by atoms with Gasteiger partial charge >= 0.3 is 6.18 Å². The van der Waals surface area contributed by atoms with E-state index in [2.05, 4.69) is 15.1 Å². The fourth-order valence-electron chi connectivity index (χ4n) is 3.06. The zero-order valence-electron chi connectivity index (χ0n) is 14.2. The van der Waals surface area contributed by atoms with E-state index < -0.39 is 12.0 Å². The fraction of sp³-hybridized carbons (Fsp3) is 0.222. The molecule has 2 aromatic heterocycles. The largest absolute Gasteiger partial charge is 0.451 e. The van der Waals surface area contributed by atoms with E-state index in [9.17, 15) is 18.0 Å². The van der Waals surface area contributed by atoms with Gasteiger partial charge in [-0.2, -0.15) is 18.3 Å². The monoisotopic (exact) mass is 373 g/mol. The molecular weight excluding hydrogens is 359 g/mol. The quantitative estimate of drug-likeness (QED) is 0.693. The molecule has 3 heterocycles. The molecule has 1 aromatic carbocycles. The second-order valence-electron chi connectivity index (χ2n) is 6.26. The van der Waals surface area contributed by atoms with Crippen LogP contribution in [0.4, 0.5) is 13.2 Å². The average molecular weight is 373 g/mol. The number of amides is 1. The Morgan fingerprint density at radius 2 is 1.89 bits per heavy atom. The Morgan fingerprint density at radius 1 is 1.15 bits per heavy atom. The molecule has 0 fully saturated rings. The highest BCUT2D eigenvalue weighted by Crippen LogP contribution is 2.30. The normalized spacial score (nSPS) is 13.7. The summed E-state index contributed by atoms with van der Waals surface area (Å²) in [5.74, 6) is -1.50. The summed E-state index contributed by atoms with van der Waals surface area (Å²) in [6.07, 6.45) is -1.86. The first kappa shape index (κ1) is 17.2. The van der Waals surface area contributed by atoms with Crippen LogP contribution < -0.4 is 0 Å². The Morgan fingerprint density at radius 3 is 2.59 bits per heavy atom. The van der Waals surface area contributed by atoms with Crippen molar-refractivity contribution in [3.8, 4) is 11.3 Å². The molecule has 0 radical (unpaired) electrons.